The van der Waals surface area contributed by atoms with Gasteiger partial charge < -0.3 is 10.1 Å². The number of unbranched alkanes of at least 4 members (excludes halogenated alkanes) is 1. The van der Waals surface area contributed by atoms with E-state index in [0.29, 0.717) is 24.8 Å². The van der Waals surface area contributed by atoms with Gasteiger partial charge in [-0.15, -0.1) is 0 Å². The van der Waals surface area contributed by atoms with E-state index in [9.17, 15) is 13.2 Å². The standard InChI is InChI=1S/C10H16F3NO/c1-8(2)9(5-3-4-6-14)15-7-10(11,12)13/h6,9,14H,1,3-5,7H2,2H3. The average Bonchev–Trinajstić information content (AvgIpc) is 2.08. The minimum Gasteiger partial charge on any atom is -0.364 e. The molecule has 15 heavy (non-hydrogen) atoms. The molecule has 0 amide bonds. The molecule has 0 fully saturated rings. The van der Waals surface area contributed by atoms with Crippen molar-refractivity contribution in [3.05, 3.63) is 12.2 Å². The third kappa shape index (κ3) is 8.17. The van der Waals surface area contributed by atoms with Crippen LogP contribution >= 0.6 is 0 Å². The van der Waals surface area contributed by atoms with E-state index in [4.69, 9.17) is 10.1 Å². The molecule has 1 atom stereocenters. The van der Waals surface area contributed by atoms with Crippen molar-refractivity contribution in [2.75, 3.05) is 6.61 Å². The molecule has 5 heteroatoms. The van der Waals surface area contributed by atoms with Crippen LogP contribution in [0.25, 0.3) is 0 Å². The molecular formula is C10H16F3NO. The van der Waals surface area contributed by atoms with E-state index in [1.165, 1.54) is 6.21 Å². The van der Waals surface area contributed by atoms with Gasteiger partial charge in [-0.1, -0.05) is 12.2 Å². The monoisotopic (exact) mass is 223 g/mol. The quantitative estimate of drug-likeness (QED) is 0.401. The van der Waals surface area contributed by atoms with E-state index >= 15 is 0 Å². The number of alkyl halides is 3. The highest BCUT2D eigenvalue weighted by atomic mass is 19.4. The van der Waals surface area contributed by atoms with Crippen LogP contribution in [-0.4, -0.2) is 25.1 Å². The molecular weight excluding hydrogens is 207 g/mol. The van der Waals surface area contributed by atoms with Crippen molar-refractivity contribution >= 4 is 6.21 Å². The van der Waals surface area contributed by atoms with E-state index in [-0.39, 0.29) is 0 Å². The summed E-state index contributed by atoms with van der Waals surface area (Å²) in [5.41, 5.74) is 0.587. The highest BCUT2D eigenvalue weighted by Gasteiger charge is 2.29. The topological polar surface area (TPSA) is 33.1 Å². The summed E-state index contributed by atoms with van der Waals surface area (Å²) < 4.78 is 40.3. The Labute approximate surface area is 87.6 Å². The number of ether oxygens (including phenoxy) is 1. The molecule has 0 spiro atoms. The molecule has 0 aliphatic rings. The van der Waals surface area contributed by atoms with Gasteiger partial charge in [0.15, 0.2) is 0 Å². The maximum Gasteiger partial charge on any atom is 0.411 e. The minimum absolute atomic E-state index is 0.473. The summed E-state index contributed by atoms with van der Waals surface area (Å²) in [5, 5.41) is 6.79. The Balaban J connectivity index is 3.94. The zero-order chi connectivity index (χ0) is 11.9. The Bertz CT molecular complexity index is 213. The van der Waals surface area contributed by atoms with Gasteiger partial charge in [0, 0.05) is 0 Å². The fourth-order valence-corrected chi connectivity index (χ4v) is 1.07. The Morgan fingerprint density at radius 3 is 2.53 bits per heavy atom. The Morgan fingerprint density at radius 1 is 1.53 bits per heavy atom. The van der Waals surface area contributed by atoms with Gasteiger partial charge in [0.1, 0.15) is 6.61 Å². The van der Waals surface area contributed by atoms with Crippen molar-refractivity contribution in [1.82, 2.24) is 0 Å². The lowest BCUT2D eigenvalue weighted by molar-refractivity contribution is -0.182. The van der Waals surface area contributed by atoms with Crippen molar-refractivity contribution in [2.45, 2.75) is 38.5 Å². The maximum atomic E-state index is 11.9. The molecule has 0 saturated carbocycles. The second-order valence-electron chi connectivity index (χ2n) is 3.40. The summed E-state index contributed by atoms with van der Waals surface area (Å²) >= 11 is 0. The van der Waals surface area contributed by atoms with Crippen LogP contribution < -0.4 is 0 Å². The van der Waals surface area contributed by atoms with Crippen molar-refractivity contribution in [3.8, 4) is 0 Å². The predicted molar refractivity (Wildman–Crippen MR) is 53.2 cm³/mol. The van der Waals surface area contributed by atoms with E-state index in [1.54, 1.807) is 6.92 Å². The van der Waals surface area contributed by atoms with E-state index in [1.807, 2.05) is 0 Å². The first kappa shape index (κ1) is 14.2. The fourth-order valence-electron chi connectivity index (χ4n) is 1.07. The highest BCUT2D eigenvalue weighted by Crippen LogP contribution is 2.19. The summed E-state index contributed by atoms with van der Waals surface area (Å²) in [6.07, 6.45) is -1.96. The van der Waals surface area contributed by atoms with Crippen LogP contribution in [0.3, 0.4) is 0 Å². The number of hydrogen-bond acceptors (Lipinski definition) is 2. The van der Waals surface area contributed by atoms with Crippen LogP contribution in [-0.2, 0) is 4.74 Å². The second-order valence-corrected chi connectivity index (χ2v) is 3.40. The van der Waals surface area contributed by atoms with Gasteiger partial charge in [-0.05, 0) is 32.4 Å². The van der Waals surface area contributed by atoms with Crippen molar-refractivity contribution < 1.29 is 17.9 Å². The number of hydrogen-bond donors (Lipinski definition) is 1. The van der Waals surface area contributed by atoms with Crippen LogP contribution in [0.1, 0.15) is 26.2 Å². The molecule has 0 aliphatic carbocycles. The van der Waals surface area contributed by atoms with E-state index in [0.717, 1.165) is 0 Å². The Hall–Kier alpha value is -0.840. The largest absolute Gasteiger partial charge is 0.411 e. The zero-order valence-corrected chi connectivity index (χ0v) is 8.73. The van der Waals surface area contributed by atoms with Gasteiger partial charge in [-0.2, -0.15) is 13.2 Å². The second kappa shape index (κ2) is 6.61. The van der Waals surface area contributed by atoms with Crippen LogP contribution in [0.5, 0.6) is 0 Å². The molecule has 1 N–H and O–H groups in total. The molecule has 0 aromatic carbocycles. The average molecular weight is 223 g/mol. The van der Waals surface area contributed by atoms with Gasteiger partial charge in [0.05, 0.1) is 6.10 Å². The summed E-state index contributed by atoms with van der Waals surface area (Å²) in [5.74, 6) is 0. The fraction of sp³-hybridized carbons (Fsp3) is 0.700. The van der Waals surface area contributed by atoms with Gasteiger partial charge >= 0.3 is 6.18 Å². The van der Waals surface area contributed by atoms with E-state index < -0.39 is 18.9 Å². The first-order valence-electron chi connectivity index (χ1n) is 4.69. The van der Waals surface area contributed by atoms with Crippen LogP contribution in [0.2, 0.25) is 0 Å². The summed E-state index contributed by atoms with van der Waals surface area (Å²) in [7, 11) is 0. The third-order valence-corrected chi connectivity index (χ3v) is 1.81. The number of nitrogens with one attached hydrogen (secondary N) is 1. The van der Waals surface area contributed by atoms with Gasteiger partial charge in [-0.25, -0.2) is 0 Å². The van der Waals surface area contributed by atoms with Crippen LogP contribution in [0, 0.1) is 5.41 Å². The van der Waals surface area contributed by atoms with Gasteiger partial charge in [0.2, 0.25) is 0 Å². The third-order valence-electron chi connectivity index (χ3n) is 1.81. The molecule has 0 saturated heterocycles. The van der Waals surface area contributed by atoms with Crippen LogP contribution in [0.15, 0.2) is 12.2 Å². The van der Waals surface area contributed by atoms with Crippen LogP contribution in [0.4, 0.5) is 13.2 Å². The number of halogens is 3. The molecule has 88 valence electrons. The molecule has 1 unspecified atom stereocenters. The molecule has 0 aliphatic heterocycles. The zero-order valence-electron chi connectivity index (χ0n) is 8.73. The normalized spacial score (nSPS) is 13.6. The molecule has 0 aromatic rings. The molecule has 2 nitrogen and oxygen atoms in total. The maximum absolute atomic E-state index is 11.9. The van der Waals surface area contributed by atoms with Crippen molar-refractivity contribution in [3.63, 3.8) is 0 Å². The molecule has 0 rings (SSSR count). The van der Waals surface area contributed by atoms with Crippen molar-refractivity contribution in [1.29, 1.82) is 5.41 Å². The SMILES string of the molecule is C=C(C)C(CCCC=N)OCC(F)(F)F. The Morgan fingerprint density at radius 2 is 2.13 bits per heavy atom. The molecule has 0 aromatic heterocycles. The summed E-state index contributed by atoms with van der Waals surface area (Å²) in [6.45, 7) is 3.99. The smallest absolute Gasteiger partial charge is 0.364 e. The highest BCUT2D eigenvalue weighted by molar-refractivity contribution is 5.52. The summed E-state index contributed by atoms with van der Waals surface area (Å²) in [4.78, 5) is 0. The lowest BCUT2D eigenvalue weighted by Crippen LogP contribution is -2.24. The lowest BCUT2D eigenvalue weighted by atomic mass is 10.1. The summed E-state index contributed by atoms with van der Waals surface area (Å²) in [6, 6.07) is 0. The Kier molecular flexibility index (Phi) is 6.24. The predicted octanol–water partition coefficient (Wildman–Crippen LogP) is 3.33. The first-order chi connectivity index (χ1) is 6.87. The van der Waals surface area contributed by atoms with Crippen molar-refractivity contribution in [2.24, 2.45) is 0 Å². The number of rotatable bonds is 7. The van der Waals surface area contributed by atoms with Gasteiger partial charge in [-0.3, -0.25) is 0 Å². The molecule has 0 radical (unpaired) electrons. The molecule has 0 heterocycles. The molecule has 0 bridgehead atoms. The van der Waals surface area contributed by atoms with E-state index in [2.05, 4.69) is 6.58 Å². The lowest BCUT2D eigenvalue weighted by Gasteiger charge is -2.18. The first-order valence-corrected chi connectivity index (χ1v) is 4.69. The van der Waals surface area contributed by atoms with Gasteiger partial charge in [0.25, 0.3) is 0 Å². The minimum atomic E-state index is -4.30.